The van der Waals surface area contributed by atoms with Crippen molar-refractivity contribution in [2.75, 3.05) is 18.0 Å². The molecule has 13 heteroatoms. The number of carbonyl (C=O) groups is 3. The van der Waals surface area contributed by atoms with E-state index in [1.807, 2.05) is 55.5 Å². The summed E-state index contributed by atoms with van der Waals surface area (Å²) < 4.78 is 2.14. The van der Waals surface area contributed by atoms with E-state index in [4.69, 9.17) is 12.2 Å². The molecule has 2 aliphatic heterocycles. The number of unbranched alkanes of at least 4 members (excludes halogenated alkanes) is 7. The van der Waals surface area contributed by atoms with Gasteiger partial charge < -0.3 is 15.1 Å². The first-order chi connectivity index (χ1) is 33.4. The van der Waals surface area contributed by atoms with Crippen LogP contribution in [0.15, 0.2) is 113 Å². The molecule has 1 atom stereocenters. The molecule has 2 N–H and O–H groups in total. The Hall–Kier alpha value is -6.33. The molecule has 69 heavy (non-hydrogen) atoms. The zero-order chi connectivity index (χ0) is 49.0. The third-order valence-electron chi connectivity index (χ3n) is 12.5. The van der Waals surface area contributed by atoms with Gasteiger partial charge in [0, 0.05) is 24.5 Å². The molecule has 0 saturated carbocycles. The van der Waals surface area contributed by atoms with Crippen LogP contribution in [0.3, 0.4) is 0 Å². The Morgan fingerprint density at radius 1 is 0.855 bits per heavy atom. The van der Waals surface area contributed by atoms with Crippen molar-refractivity contribution < 1.29 is 24.6 Å². The number of benzene rings is 3. The predicted molar refractivity (Wildman–Crippen MR) is 285 cm³/mol. The highest BCUT2D eigenvalue weighted by molar-refractivity contribution is 8.30. The van der Waals surface area contributed by atoms with Crippen LogP contribution in [0.2, 0.25) is 0 Å². The van der Waals surface area contributed by atoms with E-state index in [1.165, 1.54) is 59.6 Å². The second-order valence-corrected chi connectivity index (χ2v) is 20.3. The molecule has 3 heterocycles. The average molecular weight is 979 g/mol. The van der Waals surface area contributed by atoms with Gasteiger partial charge in [0.1, 0.15) is 32.1 Å². The highest BCUT2D eigenvalue weighted by atomic mass is 32.2. The second kappa shape index (κ2) is 23.8. The number of rotatable bonds is 19. The lowest BCUT2D eigenvalue weighted by atomic mass is 9.92. The molecule has 7 rings (SSSR count). The van der Waals surface area contributed by atoms with Gasteiger partial charge in [-0.2, -0.15) is 5.26 Å². The van der Waals surface area contributed by atoms with E-state index in [1.54, 1.807) is 0 Å². The third kappa shape index (κ3) is 12.5. The number of amides is 1. The minimum absolute atomic E-state index is 0.256. The summed E-state index contributed by atoms with van der Waals surface area (Å²) >= 11 is 7.68. The van der Waals surface area contributed by atoms with Crippen molar-refractivity contribution in [3.05, 3.63) is 155 Å². The van der Waals surface area contributed by atoms with Crippen LogP contribution in [0.25, 0.3) is 28.7 Å². The van der Waals surface area contributed by atoms with E-state index < -0.39 is 24.0 Å². The fraction of sp³-hybridized carbons (Fsp3) is 0.321. The summed E-state index contributed by atoms with van der Waals surface area (Å²) in [5.74, 6) is -2.54. The van der Waals surface area contributed by atoms with Gasteiger partial charge in [-0.25, -0.2) is 4.79 Å². The summed E-state index contributed by atoms with van der Waals surface area (Å²) in [6, 6.07) is 24.3. The van der Waals surface area contributed by atoms with Gasteiger partial charge in [-0.1, -0.05) is 143 Å². The van der Waals surface area contributed by atoms with E-state index in [9.17, 15) is 34.7 Å². The predicted octanol–water partition coefficient (Wildman–Crippen LogP) is 10.8. The van der Waals surface area contributed by atoms with E-state index in [2.05, 4.69) is 79.4 Å². The number of thiocarbonyl (C=S) groups is 1. The lowest BCUT2D eigenvalue weighted by Crippen LogP contribution is -2.35. The van der Waals surface area contributed by atoms with E-state index in [0.29, 0.717) is 21.0 Å². The monoisotopic (exact) mass is 978 g/mol. The van der Waals surface area contributed by atoms with Gasteiger partial charge in [0.2, 0.25) is 0 Å². The van der Waals surface area contributed by atoms with Crippen LogP contribution in [-0.2, 0) is 33.8 Å². The molecule has 3 aromatic carbocycles. The Morgan fingerprint density at radius 2 is 1.49 bits per heavy atom. The van der Waals surface area contributed by atoms with E-state index >= 15 is 0 Å². The van der Waals surface area contributed by atoms with Gasteiger partial charge in [0.15, 0.2) is 0 Å². The molecule has 1 fully saturated rings. The van der Waals surface area contributed by atoms with Crippen LogP contribution < -0.4 is 19.7 Å². The third-order valence-corrected chi connectivity index (χ3v) is 15.2. The number of aryl methyl sites for hydroxylation is 2. The number of aromatic nitrogens is 1. The topological polar surface area (TPSA) is 144 Å². The normalized spacial score (nSPS) is 17.4. The van der Waals surface area contributed by atoms with Crippen molar-refractivity contribution in [1.82, 2.24) is 9.47 Å². The maximum absolute atomic E-state index is 14.1. The lowest BCUT2D eigenvalue weighted by Gasteiger charge is -2.27. The Kier molecular flexibility index (Phi) is 17.4. The summed E-state index contributed by atoms with van der Waals surface area (Å²) in [5, 5.41) is 29.3. The number of carboxylic acids is 2. The Labute approximate surface area is 417 Å². The first-order valence-corrected chi connectivity index (χ1v) is 25.9. The molecule has 4 aromatic rings. The van der Waals surface area contributed by atoms with Gasteiger partial charge >= 0.3 is 11.9 Å². The molecule has 3 aliphatic rings. The molecular formula is C56H58N4O6S3. The number of carboxylic acid groups (broad SMARTS) is 2. The number of allylic oxidation sites excluding steroid dienone is 7. The summed E-state index contributed by atoms with van der Waals surface area (Å²) in [6.45, 7) is 6.81. The maximum Gasteiger partial charge on any atom is 0.346 e. The summed E-state index contributed by atoms with van der Waals surface area (Å²) in [7, 11) is 0. The van der Waals surface area contributed by atoms with Gasteiger partial charge in [-0.05, 0) is 132 Å². The van der Waals surface area contributed by atoms with Crippen molar-refractivity contribution in [3.8, 4) is 6.07 Å². The number of anilines is 2. The molecular weight excluding hydrogens is 921 g/mol. The lowest BCUT2D eigenvalue weighted by molar-refractivity contribution is -0.138. The van der Waals surface area contributed by atoms with Gasteiger partial charge in [0.05, 0.1) is 4.53 Å². The highest BCUT2D eigenvalue weighted by Crippen LogP contribution is 2.39. The molecule has 0 bridgehead atoms. The molecule has 1 amide bonds. The van der Waals surface area contributed by atoms with Crippen molar-refractivity contribution in [3.63, 3.8) is 0 Å². The molecule has 0 spiro atoms. The minimum atomic E-state index is -1.28. The van der Waals surface area contributed by atoms with E-state index in [-0.39, 0.29) is 27.0 Å². The quantitative estimate of drug-likeness (QED) is 0.0233. The molecule has 1 saturated heterocycles. The van der Waals surface area contributed by atoms with Crippen molar-refractivity contribution in [2.45, 2.75) is 97.9 Å². The van der Waals surface area contributed by atoms with Crippen LogP contribution in [-0.4, -0.2) is 54.9 Å². The molecule has 1 aliphatic carbocycles. The van der Waals surface area contributed by atoms with Crippen LogP contribution in [0, 0.1) is 17.2 Å². The van der Waals surface area contributed by atoms with Crippen molar-refractivity contribution >= 4 is 97.6 Å². The van der Waals surface area contributed by atoms with Crippen LogP contribution in [0.5, 0.6) is 0 Å². The van der Waals surface area contributed by atoms with Crippen LogP contribution >= 0.6 is 35.3 Å². The largest absolute Gasteiger partial charge is 0.480 e. The number of hydrogen-bond acceptors (Lipinski definition) is 9. The maximum atomic E-state index is 14.1. The summed E-state index contributed by atoms with van der Waals surface area (Å²) in [5.41, 5.74) is 8.79. The number of aliphatic carboxylic acids is 2. The zero-order valence-electron chi connectivity index (χ0n) is 39.4. The second-order valence-electron chi connectivity index (χ2n) is 17.6. The number of hydrogen-bond donors (Lipinski definition) is 2. The number of nitriles is 1. The Morgan fingerprint density at radius 3 is 2.07 bits per heavy atom. The number of thioether (sulfide) groups is 1. The number of carbonyl (C=O) groups excluding carboxylic acids is 1. The standard InChI is InChI=1S/C56H58N4O6S3/c1-4-6-7-8-9-10-11-15-27-59-47-25-21-38(31-44(33-46(35-57)55(65)66)40-18-13-12-14-19-40)29-42(47)23-24-43-30-39(22-26-48(43)59)32-45(41-20-16-17-37(3)28-41)34-49-52(63)60(36-50(61)62)54(68-49)51-53(64)58(5-2)56(67)69-51/h12-14,16,18-22,25-26,28-34,37H,4-11,15,17,23-24,27,36H2,1-3H3,(H,61,62)(H,65,66)/b44-31+,45-32+,46-33+,49-34-,54-51+. The SMILES string of the molecule is CCCCCCCCCCN1c2ccc(/C=C(\C=c3/s/c(=C4/SC(=S)N(CC)C4=O)n(CC(=O)O)c3=O)C3=CC(C)CC=C3)cc2CCc2cc(/C=C(\C=C(/C#N)C(=O)O)c3ccccc3)ccc21. The molecule has 10 nitrogen and oxygen atoms in total. The van der Waals surface area contributed by atoms with Crippen molar-refractivity contribution in [1.29, 1.82) is 5.26 Å². The molecule has 356 valence electrons. The smallest absolute Gasteiger partial charge is 0.346 e. The molecule has 0 radical (unpaired) electrons. The Bertz CT molecular complexity index is 3020. The minimum Gasteiger partial charge on any atom is -0.480 e. The van der Waals surface area contributed by atoms with Gasteiger partial charge in [-0.3, -0.25) is 23.9 Å². The first-order valence-electron chi connectivity index (χ1n) is 23.9. The zero-order valence-corrected chi connectivity index (χ0v) is 41.9. The van der Waals surface area contributed by atoms with Gasteiger partial charge in [-0.15, -0.1) is 11.3 Å². The molecule has 1 aromatic heterocycles. The number of thiazole rings is 1. The van der Waals surface area contributed by atoms with Crippen molar-refractivity contribution in [2.24, 2.45) is 5.92 Å². The van der Waals surface area contributed by atoms with Gasteiger partial charge in [0.25, 0.3) is 11.5 Å². The van der Waals surface area contributed by atoms with Crippen LogP contribution in [0.1, 0.15) is 106 Å². The fourth-order valence-corrected chi connectivity index (χ4v) is 11.6. The van der Waals surface area contributed by atoms with E-state index in [0.717, 1.165) is 107 Å². The Balaban J connectivity index is 1.30. The fourth-order valence-electron chi connectivity index (χ4n) is 9.01. The summed E-state index contributed by atoms with van der Waals surface area (Å²) in [6.07, 6.45) is 25.7. The highest BCUT2D eigenvalue weighted by Gasteiger charge is 2.33. The average Bonchev–Trinajstić information content (AvgIpc) is 3.73. The first kappa shape index (κ1) is 50.5. The number of nitrogens with zero attached hydrogens (tertiary/aromatic N) is 4. The van der Waals surface area contributed by atoms with Crippen LogP contribution in [0.4, 0.5) is 11.4 Å². The summed E-state index contributed by atoms with van der Waals surface area (Å²) in [4.78, 5) is 55.8. The number of fused-ring (bicyclic) bond motifs is 2. The molecule has 1 unspecified atom stereocenters.